The number of amides is 1. The number of carbonyl (C=O) groups excluding carboxylic acids is 1. The summed E-state index contributed by atoms with van der Waals surface area (Å²) in [6.45, 7) is 10.4. The second-order valence-corrected chi connectivity index (χ2v) is 12.3. The summed E-state index contributed by atoms with van der Waals surface area (Å²) in [4.78, 5) is 23.7. The van der Waals surface area contributed by atoms with Crippen molar-refractivity contribution in [3.63, 3.8) is 0 Å². The van der Waals surface area contributed by atoms with E-state index in [1.54, 1.807) is 48.7 Å². The Morgan fingerprint density at radius 1 is 1.09 bits per heavy atom. The highest BCUT2D eigenvalue weighted by atomic mass is 35.5. The van der Waals surface area contributed by atoms with Gasteiger partial charge in [0.2, 0.25) is 0 Å². The van der Waals surface area contributed by atoms with Crippen molar-refractivity contribution in [2.24, 2.45) is 0 Å². The second kappa shape index (κ2) is 12.4. The lowest BCUT2D eigenvalue weighted by molar-refractivity contribution is 0.0983. The summed E-state index contributed by atoms with van der Waals surface area (Å²) >= 11 is 3.11. The predicted molar refractivity (Wildman–Crippen MR) is 147 cm³/mol. The number of thioether (sulfide) groups is 1. The molecule has 0 saturated heterocycles. The first-order chi connectivity index (χ1) is 15.7. The van der Waals surface area contributed by atoms with Crippen molar-refractivity contribution in [3.05, 3.63) is 48.0 Å². The minimum Gasteiger partial charge on any atom is -0.302 e. The number of sulfone groups is 1. The summed E-state index contributed by atoms with van der Waals surface area (Å²) in [7, 11) is -3.48. The van der Waals surface area contributed by atoms with Crippen LogP contribution in [0.3, 0.4) is 0 Å². The number of fused-ring (bicyclic) bond motifs is 1. The first-order valence-electron chi connectivity index (χ1n) is 11.0. The Hall–Kier alpha value is -1.65. The Labute approximate surface area is 217 Å². The maximum atomic E-state index is 13.7. The van der Waals surface area contributed by atoms with E-state index in [2.05, 4.69) is 18.7 Å². The number of hydrogen-bond donors (Lipinski definition) is 0. The first kappa shape index (κ1) is 28.6. The molecule has 2 aromatic carbocycles. The molecule has 0 unspecified atom stereocenters. The molecular weight excluding hydrogens is 510 g/mol. The van der Waals surface area contributed by atoms with Crippen LogP contribution < -0.4 is 4.90 Å². The molecule has 0 atom stereocenters. The minimum absolute atomic E-state index is 0. The lowest BCUT2D eigenvalue weighted by Gasteiger charge is -2.25. The van der Waals surface area contributed by atoms with E-state index in [-0.39, 0.29) is 23.2 Å². The average Bonchev–Trinajstić information content (AvgIpc) is 3.25. The summed E-state index contributed by atoms with van der Waals surface area (Å²) in [5.41, 5.74) is 1.24. The van der Waals surface area contributed by atoms with Crippen LogP contribution in [-0.2, 0) is 9.84 Å². The highest BCUT2D eigenvalue weighted by Gasteiger charge is 2.25. The molecule has 34 heavy (non-hydrogen) atoms. The number of rotatable bonds is 10. The molecule has 186 valence electrons. The van der Waals surface area contributed by atoms with Crippen LogP contribution in [0.15, 0.2) is 52.3 Å². The van der Waals surface area contributed by atoms with E-state index in [1.807, 2.05) is 24.5 Å². The molecular formula is C24H32ClN3O3S3. The van der Waals surface area contributed by atoms with Gasteiger partial charge in [0.1, 0.15) is 0 Å². The average molecular weight is 542 g/mol. The monoisotopic (exact) mass is 541 g/mol. The van der Waals surface area contributed by atoms with E-state index in [9.17, 15) is 13.2 Å². The third kappa shape index (κ3) is 6.12. The summed E-state index contributed by atoms with van der Waals surface area (Å²) in [6.07, 6.45) is 2.01. The van der Waals surface area contributed by atoms with Crippen molar-refractivity contribution < 1.29 is 13.2 Å². The Morgan fingerprint density at radius 2 is 1.76 bits per heavy atom. The van der Waals surface area contributed by atoms with E-state index < -0.39 is 15.1 Å². The molecule has 0 spiro atoms. The van der Waals surface area contributed by atoms with Crippen LogP contribution in [0.5, 0.6) is 0 Å². The normalized spacial score (nSPS) is 11.7. The molecule has 0 aliphatic heterocycles. The topological polar surface area (TPSA) is 70.6 Å². The van der Waals surface area contributed by atoms with Crippen LogP contribution in [0.1, 0.15) is 38.1 Å². The van der Waals surface area contributed by atoms with Gasteiger partial charge in [0.05, 0.1) is 20.4 Å². The van der Waals surface area contributed by atoms with Crippen LogP contribution in [0, 0.1) is 0 Å². The number of halogens is 1. The molecule has 0 N–H and O–H groups in total. The van der Waals surface area contributed by atoms with Gasteiger partial charge in [-0.1, -0.05) is 37.3 Å². The smallest absolute Gasteiger partial charge is 0.260 e. The van der Waals surface area contributed by atoms with E-state index in [0.29, 0.717) is 23.8 Å². The third-order valence-corrected chi connectivity index (χ3v) is 9.60. The zero-order chi connectivity index (χ0) is 24.2. The quantitative estimate of drug-likeness (QED) is 0.311. The van der Waals surface area contributed by atoms with Gasteiger partial charge in [-0.2, -0.15) is 0 Å². The van der Waals surface area contributed by atoms with Crippen LogP contribution in [0.25, 0.3) is 10.2 Å². The van der Waals surface area contributed by atoms with Gasteiger partial charge in [0.25, 0.3) is 5.91 Å². The molecule has 0 aliphatic rings. The summed E-state index contributed by atoms with van der Waals surface area (Å²) < 4.78 is 26.4. The fraction of sp³-hybridized carbons (Fsp3) is 0.417. The van der Waals surface area contributed by atoms with E-state index in [4.69, 9.17) is 4.98 Å². The molecule has 0 bridgehead atoms. The van der Waals surface area contributed by atoms with Gasteiger partial charge < -0.3 is 4.90 Å². The molecule has 3 aromatic rings. The first-order valence-corrected chi connectivity index (χ1v) is 14.6. The maximum Gasteiger partial charge on any atom is 0.260 e. The number of likely N-dealkylation sites (N-methyl/N-ethyl adjacent to an activating group) is 1. The second-order valence-electron chi connectivity index (χ2n) is 7.91. The van der Waals surface area contributed by atoms with Crippen molar-refractivity contribution in [1.82, 2.24) is 9.88 Å². The van der Waals surface area contributed by atoms with Crippen LogP contribution >= 0.6 is 35.5 Å². The molecule has 6 nitrogen and oxygen atoms in total. The fourth-order valence-electron chi connectivity index (χ4n) is 3.49. The predicted octanol–water partition coefficient (Wildman–Crippen LogP) is 5.61. The Morgan fingerprint density at radius 3 is 2.38 bits per heavy atom. The zero-order valence-corrected chi connectivity index (χ0v) is 23.4. The number of aromatic nitrogens is 1. The van der Waals surface area contributed by atoms with E-state index >= 15 is 0 Å². The van der Waals surface area contributed by atoms with Crippen molar-refractivity contribution in [1.29, 1.82) is 0 Å². The summed E-state index contributed by atoms with van der Waals surface area (Å²) in [5.74, 6) is -0.243. The largest absolute Gasteiger partial charge is 0.302 e. The number of thiazole rings is 1. The van der Waals surface area contributed by atoms with Gasteiger partial charge in [-0.05, 0) is 63.5 Å². The number of nitrogens with zero attached hydrogens (tertiary/aromatic N) is 3. The molecule has 0 radical (unpaired) electrons. The van der Waals surface area contributed by atoms with Crippen LogP contribution in [0.4, 0.5) is 5.13 Å². The summed E-state index contributed by atoms with van der Waals surface area (Å²) in [6, 6.07) is 12.4. The number of hydrogen-bond acceptors (Lipinski definition) is 7. The molecule has 10 heteroatoms. The molecule has 1 aromatic heterocycles. The standard InChI is InChI=1S/C24H31N3O3S3.ClH/c1-6-26(7-2)14-15-27(24-25-22-20(31-5)12-9-13-21(22)32-24)23(28)18-10-8-11-19(16-18)33(29,30)17(3)4;/h8-13,16-17H,6-7,14-15H2,1-5H3;1H. The minimum atomic E-state index is -3.48. The molecule has 0 fully saturated rings. The van der Waals surface area contributed by atoms with Gasteiger partial charge >= 0.3 is 0 Å². The third-order valence-electron chi connectivity index (χ3n) is 5.63. The number of benzene rings is 2. The van der Waals surface area contributed by atoms with Crippen LogP contribution in [-0.4, -0.2) is 61.9 Å². The van der Waals surface area contributed by atoms with Gasteiger partial charge in [0, 0.05) is 23.5 Å². The lowest BCUT2D eigenvalue weighted by Crippen LogP contribution is -2.39. The fourth-order valence-corrected chi connectivity index (χ4v) is 6.24. The van der Waals surface area contributed by atoms with Crippen molar-refractivity contribution >= 4 is 66.6 Å². The van der Waals surface area contributed by atoms with Gasteiger partial charge in [-0.3, -0.25) is 9.69 Å². The molecule has 0 aliphatic carbocycles. The highest BCUT2D eigenvalue weighted by molar-refractivity contribution is 7.98. The Balaban J connectivity index is 0.00000408. The van der Waals surface area contributed by atoms with Crippen molar-refractivity contribution in [2.75, 3.05) is 37.3 Å². The van der Waals surface area contributed by atoms with E-state index in [1.165, 1.54) is 17.4 Å². The SMILES string of the molecule is CCN(CC)CCN(C(=O)c1cccc(S(=O)(=O)C(C)C)c1)c1nc2c(SC)cccc2s1.Cl. The number of carbonyl (C=O) groups is 1. The summed E-state index contributed by atoms with van der Waals surface area (Å²) in [5, 5.41) is 0.0663. The van der Waals surface area contributed by atoms with Crippen molar-refractivity contribution in [2.45, 2.75) is 42.7 Å². The van der Waals surface area contributed by atoms with Crippen molar-refractivity contribution in [3.8, 4) is 0 Å². The van der Waals surface area contributed by atoms with Crippen LogP contribution in [0.2, 0.25) is 0 Å². The van der Waals surface area contributed by atoms with Gasteiger partial charge in [-0.25, -0.2) is 13.4 Å². The van der Waals surface area contributed by atoms with Gasteiger partial charge in [-0.15, -0.1) is 24.2 Å². The van der Waals surface area contributed by atoms with Gasteiger partial charge in [0.15, 0.2) is 15.0 Å². The number of anilines is 1. The Kier molecular flexibility index (Phi) is 10.4. The highest BCUT2D eigenvalue weighted by Crippen LogP contribution is 2.34. The molecule has 3 rings (SSSR count). The number of para-hydroxylation sites is 1. The molecule has 1 amide bonds. The lowest BCUT2D eigenvalue weighted by atomic mass is 10.2. The maximum absolute atomic E-state index is 13.7. The zero-order valence-electron chi connectivity index (χ0n) is 20.1. The molecule has 1 heterocycles. The Bertz CT molecular complexity index is 1220. The van der Waals surface area contributed by atoms with E-state index in [0.717, 1.165) is 28.2 Å². The molecule has 0 saturated carbocycles.